The van der Waals surface area contributed by atoms with Gasteiger partial charge in [-0.15, -0.1) is 0 Å². The summed E-state index contributed by atoms with van der Waals surface area (Å²) in [5.41, 5.74) is 0.564. The van der Waals surface area contributed by atoms with Crippen molar-refractivity contribution in [3.05, 3.63) is 0 Å². The maximum atomic E-state index is 3.61. The summed E-state index contributed by atoms with van der Waals surface area (Å²) in [6, 6.07) is 0.758. The molecule has 1 aliphatic rings. The lowest BCUT2D eigenvalue weighted by Gasteiger charge is -2.34. The van der Waals surface area contributed by atoms with Crippen molar-refractivity contribution in [3.8, 4) is 0 Å². The van der Waals surface area contributed by atoms with E-state index in [9.17, 15) is 0 Å². The van der Waals surface area contributed by atoms with Crippen molar-refractivity contribution >= 4 is 0 Å². The zero-order chi connectivity index (χ0) is 14.1. The van der Waals surface area contributed by atoms with Gasteiger partial charge in [0.05, 0.1) is 0 Å². The van der Waals surface area contributed by atoms with Crippen LogP contribution in [0.25, 0.3) is 0 Å². The monoisotopic (exact) mass is 267 g/mol. The van der Waals surface area contributed by atoms with Gasteiger partial charge in [-0.05, 0) is 37.6 Å². The van der Waals surface area contributed by atoms with Crippen molar-refractivity contribution in [1.29, 1.82) is 0 Å². The topological polar surface area (TPSA) is 12.0 Å². The predicted molar refractivity (Wildman–Crippen MR) is 86.6 cm³/mol. The van der Waals surface area contributed by atoms with Crippen LogP contribution in [-0.2, 0) is 0 Å². The molecular weight excluding hydrogens is 230 g/mol. The summed E-state index contributed by atoms with van der Waals surface area (Å²) in [5, 5.41) is 3.61. The van der Waals surface area contributed by atoms with Gasteiger partial charge in [0.2, 0.25) is 0 Å². The fourth-order valence-corrected chi connectivity index (χ4v) is 3.97. The van der Waals surface area contributed by atoms with Gasteiger partial charge in [0.1, 0.15) is 0 Å². The van der Waals surface area contributed by atoms with Gasteiger partial charge in [-0.1, -0.05) is 72.1 Å². The van der Waals surface area contributed by atoms with Crippen LogP contribution in [0.2, 0.25) is 0 Å². The van der Waals surface area contributed by atoms with Gasteiger partial charge in [0.15, 0.2) is 0 Å². The molecule has 2 unspecified atom stereocenters. The minimum absolute atomic E-state index is 0.564. The Kier molecular flexibility index (Phi) is 8.06. The second-order valence-electron chi connectivity index (χ2n) is 7.29. The molecular formula is C18H37N. The van der Waals surface area contributed by atoms with Gasteiger partial charge in [0, 0.05) is 6.04 Å². The highest BCUT2D eigenvalue weighted by molar-refractivity contribution is 4.91. The maximum absolute atomic E-state index is 3.61. The third kappa shape index (κ3) is 5.85. The van der Waals surface area contributed by atoms with E-state index in [0.29, 0.717) is 5.41 Å². The van der Waals surface area contributed by atoms with E-state index in [1.807, 2.05) is 0 Å². The number of nitrogens with one attached hydrogen (secondary N) is 1. The van der Waals surface area contributed by atoms with Crippen LogP contribution in [0.5, 0.6) is 0 Å². The fourth-order valence-electron chi connectivity index (χ4n) is 3.97. The highest BCUT2D eigenvalue weighted by atomic mass is 14.9. The summed E-state index contributed by atoms with van der Waals surface area (Å²) in [4.78, 5) is 0. The lowest BCUT2D eigenvalue weighted by molar-refractivity contribution is 0.193. The Morgan fingerprint density at radius 1 is 1.05 bits per heavy atom. The molecule has 0 aromatic carbocycles. The van der Waals surface area contributed by atoms with Crippen LogP contribution < -0.4 is 5.32 Å². The van der Waals surface area contributed by atoms with Crippen molar-refractivity contribution in [2.24, 2.45) is 11.3 Å². The molecule has 0 saturated heterocycles. The van der Waals surface area contributed by atoms with Crippen molar-refractivity contribution < 1.29 is 0 Å². The van der Waals surface area contributed by atoms with Crippen LogP contribution in [0, 0.1) is 11.3 Å². The number of rotatable bonds is 10. The largest absolute Gasteiger partial charge is 0.317 e. The first kappa shape index (κ1) is 17.0. The van der Waals surface area contributed by atoms with Gasteiger partial charge in [0.25, 0.3) is 0 Å². The SMILES string of the molecule is CCCCCCCCCC(NC)C1CCCC1(C)C. The molecule has 0 aliphatic heterocycles. The average molecular weight is 268 g/mol. The molecule has 0 heterocycles. The minimum atomic E-state index is 0.564. The third-order valence-electron chi connectivity index (χ3n) is 5.32. The van der Waals surface area contributed by atoms with Crippen molar-refractivity contribution in [3.63, 3.8) is 0 Å². The van der Waals surface area contributed by atoms with E-state index in [-0.39, 0.29) is 0 Å². The molecule has 0 spiro atoms. The summed E-state index contributed by atoms with van der Waals surface area (Å²) in [5.74, 6) is 0.901. The molecule has 1 nitrogen and oxygen atoms in total. The normalized spacial score (nSPS) is 23.7. The minimum Gasteiger partial charge on any atom is -0.317 e. The fraction of sp³-hybridized carbons (Fsp3) is 1.00. The molecule has 1 aliphatic carbocycles. The zero-order valence-corrected chi connectivity index (χ0v) is 13.9. The summed E-state index contributed by atoms with van der Waals surface area (Å²) in [6.45, 7) is 7.24. The van der Waals surface area contributed by atoms with Gasteiger partial charge in [-0.25, -0.2) is 0 Å². The molecule has 1 heteroatoms. The first-order valence-corrected chi connectivity index (χ1v) is 8.79. The number of hydrogen-bond acceptors (Lipinski definition) is 1. The highest BCUT2D eigenvalue weighted by Crippen LogP contribution is 2.45. The van der Waals surface area contributed by atoms with Crippen LogP contribution in [0.1, 0.15) is 91.4 Å². The Balaban J connectivity index is 2.15. The Morgan fingerprint density at radius 2 is 1.68 bits per heavy atom. The first-order valence-electron chi connectivity index (χ1n) is 8.79. The van der Waals surface area contributed by atoms with Gasteiger partial charge < -0.3 is 5.32 Å². The van der Waals surface area contributed by atoms with E-state index in [0.717, 1.165) is 12.0 Å². The quantitative estimate of drug-likeness (QED) is 0.512. The Hall–Kier alpha value is -0.0400. The van der Waals surface area contributed by atoms with Crippen LogP contribution in [0.3, 0.4) is 0 Å². The van der Waals surface area contributed by atoms with E-state index < -0.39 is 0 Å². The van der Waals surface area contributed by atoms with Gasteiger partial charge >= 0.3 is 0 Å². The lowest BCUT2D eigenvalue weighted by atomic mass is 9.76. The average Bonchev–Trinajstić information content (AvgIpc) is 2.73. The van der Waals surface area contributed by atoms with Crippen molar-refractivity contribution in [2.75, 3.05) is 7.05 Å². The van der Waals surface area contributed by atoms with E-state index in [2.05, 4.69) is 33.1 Å². The molecule has 0 aromatic heterocycles. The summed E-state index contributed by atoms with van der Waals surface area (Å²) < 4.78 is 0. The maximum Gasteiger partial charge on any atom is 0.00974 e. The summed E-state index contributed by atoms with van der Waals surface area (Å²) in [7, 11) is 2.17. The Morgan fingerprint density at radius 3 is 2.21 bits per heavy atom. The van der Waals surface area contributed by atoms with E-state index in [1.165, 1.54) is 70.6 Å². The number of hydrogen-bond donors (Lipinski definition) is 1. The molecule has 2 atom stereocenters. The lowest BCUT2D eigenvalue weighted by Crippen LogP contribution is -2.38. The summed E-state index contributed by atoms with van der Waals surface area (Å²) in [6.07, 6.45) is 15.7. The predicted octanol–water partition coefficient (Wildman–Crippen LogP) is 5.54. The third-order valence-corrected chi connectivity index (χ3v) is 5.32. The van der Waals surface area contributed by atoms with Gasteiger partial charge in [-0.3, -0.25) is 0 Å². The van der Waals surface area contributed by atoms with Gasteiger partial charge in [-0.2, -0.15) is 0 Å². The van der Waals surface area contributed by atoms with E-state index in [4.69, 9.17) is 0 Å². The smallest absolute Gasteiger partial charge is 0.00974 e. The van der Waals surface area contributed by atoms with Crippen LogP contribution in [0.15, 0.2) is 0 Å². The van der Waals surface area contributed by atoms with E-state index in [1.54, 1.807) is 0 Å². The molecule has 0 radical (unpaired) electrons. The molecule has 19 heavy (non-hydrogen) atoms. The van der Waals surface area contributed by atoms with E-state index >= 15 is 0 Å². The zero-order valence-electron chi connectivity index (χ0n) is 13.9. The molecule has 1 N–H and O–H groups in total. The second kappa shape index (κ2) is 9.00. The van der Waals surface area contributed by atoms with Crippen molar-refractivity contribution in [1.82, 2.24) is 5.32 Å². The number of unbranched alkanes of at least 4 members (excludes halogenated alkanes) is 6. The van der Waals surface area contributed by atoms with Crippen molar-refractivity contribution in [2.45, 2.75) is 97.4 Å². The molecule has 0 amide bonds. The van der Waals surface area contributed by atoms with Crippen LogP contribution >= 0.6 is 0 Å². The highest BCUT2D eigenvalue weighted by Gasteiger charge is 2.38. The molecule has 1 rings (SSSR count). The van der Waals surface area contributed by atoms with Crippen LogP contribution in [-0.4, -0.2) is 13.1 Å². The second-order valence-corrected chi connectivity index (χ2v) is 7.29. The van der Waals surface area contributed by atoms with Crippen LogP contribution in [0.4, 0.5) is 0 Å². The summed E-state index contributed by atoms with van der Waals surface area (Å²) >= 11 is 0. The standard InChI is InChI=1S/C18H37N/c1-5-6-7-8-9-10-11-14-17(19-4)16-13-12-15-18(16,2)3/h16-17,19H,5-15H2,1-4H3. The Labute approximate surface area is 121 Å². The molecule has 0 aromatic rings. The molecule has 0 bridgehead atoms. The molecule has 1 saturated carbocycles. The first-order chi connectivity index (χ1) is 9.11. The Bertz CT molecular complexity index is 222. The molecule has 1 fully saturated rings. The molecule has 114 valence electrons.